The molecule has 114 valence electrons. The zero-order valence-electron chi connectivity index (χ0n) is 11.3. The number of rotatable bonds is 2. The molecule has 7 nitrogen and oxygen atoms in total. The molecule has 0 spiro atoms. The standard InChI is InChI=1S/C14H11BrN2O5/c15-7-2-1-6-5-17(8-3-4-9(18)16-12(8)19)13(20)10(6)11(7)14(21)22/h1-2,8H,3-5H2,(H,21,22)(H,16,18,19). The van der Waals surface area contributed by atoms with E-state index in [9.17, 15) is 24.3 Å². The van der Waals surface area contributed by atoms with Gasteiger partial charge in [0.05, 0.1) is 11.1 Å². The summed E-state index contributed by atoms with van der Waals surface area (Å²) in [6.07, 6.45) is 0.403. The van der Waals surface area contributed by atoms with Gasteiger partial charge in [0.1, 0.15) is 6.04 Å². The Kier molecular flexibility index (Phi) is 3.48. The average molecular weight is 367 g/mol. The quantitative estimate of drug-likeness (QED) is 0.757. The van der Waals surface area contributed by atoms with Crippen molar-refractivity contribution in [1.29, 1.82) is 0 Å². The van der Waals surface area contributed by atoms with Gasteiger partial charge in [-0.1, -0.05) is 6.07 Å². The number of nitrogens with one attached hydrogen (secondary N) is 1. The summed E-state index contributed by atoms with van der Waals surface area (Å²) in [5.74, 6) is -2.59. The Morgan fingerprint density at radius 3 is 2.68 bits per heavy atom. The predicted molar refractivity (Wildman–Crippen MR) is 77.1 cm³/mol. The lowest BCUT2D eigenvalue weighted by molar-refractivity contribution is -0.136. The molecular weight excluding hydrogens is 356 g/mol. The number of amides is 3. The van der Waals surface area contributed by atoms with Crippen LogP contribution in [0.2, 0.25) is 0 Å². The molecule has 0 aromatic heterocycles. The Hall–Kier alpha value is -2.22. The lowest BCUT2D eigenvalue weighted by Gasteiger charge is -2.29. The number of carboxylic acids is 1. The predicted octanol–water partition coefficient (Wildman–Crippen LogP) is 0.908. The maximum absolute atomic E-state index is 12.6. The highest BCUT2D eigenvalue weighted by Gasteiger charge is 2.41. The summed E-state index contributed by atoms with van der Waals surface area (Å²) in [4.78, 5) is 48.4. The number of nitrogens with zero attached hydrogens (tertiary/aromatic N) is 1. The third kappa shape index (κ3) is 2.19. The summed E-state index contributed by atoms with van der Waals surface area (Å²) in [7, 11) is 0. The van der Waals surface area contributed by atoms with E-state index < -0.39 is 23.8 Å². The van der Waals surface area contributed by atoms with Gasteiger partial charge < -0.3 is 10.0 Å². The SMILES string of the molecule is O=C1CCC(N2Cc3ccc(Br)c(C(=O)O)c3C2=O)C(=O)N1. The van der Waals surface area contributed by atoms with E-state index >= 15 is 0 Å². The molecule has 1 atom stereocenters. The Bertz CT molecular complexity index is 730. The third-order valence-electron chi connectivity index (χ3n) is 3.86. The lowest BCUT2D eigenvalue weighted by Crippen LogP contribution is -2.52. The fraction of sp³-hybridized carbons (Fsp3) is 0.286. The Morgan fingerprint density at radius 2 is 2.05 bits per heavy atom. The molecule has 1 fully saturated rings. The van der Waals surface area contributed by atoms with Crippen molar-refractivity contribution in [2.75, 3.05) is 0 Å². The largest absolute Gasteiger partial charge is 0.478 e. The van der Waals surface area contributed by atoms with E-state index in [4.69, 9.17) is 0 Å². The second-order valence-electron chi connectivity index (χ2n) is 5.16. The number of piperidine rings is 1. The molecule has 1 aromatic carbocycles. The van der Waals surface area contributed by atoms with Crippen LogP contribution in [0.15, 0.2) is 16.6 Å². The van der Waals surface area contributed by atoms with Crippen molar-refractivity contribution in [3.8, 4) is 0 Å². The summed E-state index contributed by atoms with van der Waals surface area (Å²) in [5.41, 5.74) is 0.569. The van der Waals surface area contributed by atoms with Gasteiger partial charge in [-0.05, 0) is 34.0 Å². The first-order valence-corrected chi connectivity index (χ1v) is 7.38. The van der Waals surface area contributed by atoms with Crippen molar-refractivity contribution < 1.29 is 24.3 Å². The smallest absolute Gasteiger partial charge is 0.337 e. The van der Waals surface area contributed by atoms with Crippen LogP contribution >= 0.6 is 15.9 Å². The van der Waals surface area contributed by atoms with Gasteiger partial charge in [-0.15, -0.1) is 0 Å². The molecule has 0 aliphatic carbocycles. The Labute approximate surface area is 133 Å². The first-order chi connectivity index (χ1) is 10.4. The van der Waals surface area contributed by atoms with Crippen LogP contribution in [0.4, 0.5) is 0 Å². The number of carbonyl (C=O) groups excluding carboxylic acids is 3. The van der Waals surface area contributed by atoms with Crippen LogP contribution in [0.1, 0.15) is 39.1 Å². The van der Waals surface area contributed by atoms with E-state index in [0.717, 1.165) is 0 Å². The molecule has 0 radical (unpaired) electrons. The molecule has 1 aromatic rings. The van der Waals surface area contributed by atoms with Gasteiger partial charge in [0.15, 0.2) is 0 Å². The lowest BCUT2D eigenvalue weighted by atomic mass is 10.0. The molecule has 22 heavy (non-hydrogen) atoms. The van der Waals surface area contributed by atoms with Gasteiger partial charge in [-0.3, -0.25) is 19.7 Å². The van der Waals surface area contributed by atoms with E-state index in [1.54, 1.807) is 12.1 Å². The van der Waals surface area contributed by atoms with E-state index in [1.807, 2.05) is 0 Å². The summed E-state index contributed by atoms with van der Waals surface area (Å²) >= 11 is 3.14. The molecule has 1 saturated heterocycles. The van der Waals surface area contributed by atoms with Crippen molar-refractivity contribution in [1.82, 2.24) is 10.2 Å². The molecule has 0 bridgehead atoms. The second kappa shape index (κ2) is 5.20. The number of fused-ring (bicyclic) bond motifs is 1. The van der Waals surface area contributed by atoms with E-state index in [2.05, 4.69) is 21.2 Å². The third-order valence-corrected chi connectivity index (χ3v) is 4.52. The van der Waals surface area contributed by atoms with Crippen molar-refractivity contribution in [2.24, 2.45) is 0 Å². The Morgan fingerprint density at radius 1 is 1.32 bits per heavy atom. The van der Waals surface area contributed by atoms with Gasteiger partial charge in [0.25, 0.3) is 5.91 Å². The molecule has 3 amide bonds. The van der Waals surface area contributed by atoms with Crippen LogP contribution in [-0.4, -0.2) is 39.7 Å². The molecular formula is C14H11BrN2O5. The van der Waals surface area contributed by atoms with Crippen LogP contribution < -0.4 is 5.32 Å². The number of halogens is 1. The molecule has 8 heteroatoms. The zero-order chi connectivity index (χ0) is 16.0. The molecule has 0 saturated carbocycles. The highest BCUT2D eigenvalue weighted by molar-refractivity contribution is 9.10. The molecule has 1 unspecified atom stereocenters. The monoisotopic (exact) mass is 366 g/mol. The highest BCUT2D eigenvalue weighted by Crippen LogP contribution is 2.33. The normalized spacial score (nSPS) is 20.9. The Balaban J connectivity index is 1.98. The molecule has 2 N–H and O–H groups in total. The average Bonchev–Trinajstić information content (AvgIpc) is 2.76. The summed E-state index contributed by atoms with van der Waals surface area (Å²) in [5, 5.41) is 11.5. The fourth-order valence-electron chi connectivity index (χ4n) is 2.84. The second-order valence-corrected chi connectivity index (χ2v) is 6.02. The number of aromatic carboxylic acids is 1. The van der Waals surface area contributed by atoms with Crippen LogP contribution in [-0.2, 0) is 16.1 Å². The molecule has 2 heterocycles. The van der Waals surface area contributed by atoms with Crippen molar-refractivity contribution >= 4 is 39.6 Å². The minimum absolute atomic E-state index is 0.0997. The topological polar surface area (TPSA) is 104 Å². The van der Waals surface area contributed by atoms with Crippen LogP contribution in [0, 0.1) is 0 Å². The van der Waals surface area contributed by atoms with E-state index in [1.165, 1.54) is 4.90 Å². The maximum atomic E-state index is 12.6. The summed E-state index contributed by atoms with van der Waals surface area (Å²) < 4.78 is 0.317. The van der Waals surface area contributed by atoms with Crippen LogP contribution in [0.3, 0.4) is 0 Å². The molecule has 3 rings (SSSR count). The molecule has 2 aliphatic rings. The van der Waals surface area contributed by atoms with E-state index in [-0.39, 0.29) is 36.4 Å². The van der Waals surface area contributed by atoms with E-state index in [0.29, 0.717) is 10.0 Å². The van der Waals surface area contributed by atoms with Crippen LogP contribution in [0.25, 0.3) is 0 Å². The number of benzene rings is 1. The fourth-order valence-corrected chi connectivity index (χ4v) is 3.34. The summed E-state index contributed by atoms with van der Waals surface area (Å²) in [6.45, 7) is 0.161. The first-order valence-electron chi connectivity index (χ1n) is 6.59. The van der Waals surface area contributed by atoms with Crippen molar-refractivity contribution in [3.05, 3.63) is 33.3 Å². The minimum atomic E-state index is -1.21. The number of carbonyl (C=O) groups is 4. The van der Waals surface area contributed by atoms with Crippen LogP contribution in [0.5, 0.6) is 0 Å². The van der Waals surface area contributed by atoms with Gasteiger partial charge in [-0.2, -0.15) is 0 Å². The van der Waals surface area contributed by atoms with Crippen molar-refractivity contribution in [2.45, 2.75) is 25.4 Å². The van der Waals surface area contributed by atoms with Gasteiger partial charge in [-0.25, -0.2) is 4.79 Å². The number of hydrogen-bond donors (Lipinski definition) is 2. The first kappa shape index (κ1) is 14.7. The number of imide groups is 1. The summed E-state index contributed by atoms with van der Waals surface area (Å²) in [6, 6.07) is 2.48. The van der Waals surface area contributed by atoms with Gasteiger partial charge >= 0.3 is 5.97 Å². The van der Waals surface area contributed by atoms with Gasteiger partial charge in [0.2, 0.25) is 11.8 Å². The zero-order valence-corrected chi connectivity index (χ0v) is 12.8. The molecule has 2 aliphatic heterocycles. The highest BCUT2D eigenvalue weighted by atomic mass is 79.9. The number of hydrogen-bond acceptors (Lipinski definition) is 4. The number of carboxylic acid groups (broad SMARTS) is 1. The van der Waals surface area contributed by atoms with Gasteiger partial charge in [0, 0.05) is 17.4 Å². The maximum Gasteiger partial charge on any atom is 0.337 e. The minimum Gasteiger partial charge on any atom is -0.478 e. The van der Waals surface area contributed by atoms with Crippen molar-refractivity contribution in [3.63, 3.8) is 0 Å².